The maximum Gasteiger partial charge on any atom is 0.285 e. The molecule has 4 aromatic rings. The zero-order valence-electron chi connectivity index (χ0n) is 15.0. The molecule has 0 unspecified atom stereocenters. The molecule has 0 fully saturated rings. The van der Waals surface area contributed by atoms with Gasteiger partial charge in [0.05, 0.1) is 17.6 Å². The predicted molar refractivity (Wildman–Crippen MR) is 106 cm³/mol. The van der Waals surface area contributed by atoms with Crippen molar-refractivity contribution in [3.8, 4) is 5.69 Å². The van der Waals surface area contributed by atoms with Crippen LogP contribution < -0.4 is 10.5 Å². The Morgan fingerprint density at radius 3 is 2.55 bits per heavy atom. The zero-order valence-corrected chi connectivity index (χ0v) is 15.0. The molecule has 3 heterocycles. The van der Waals surface area contributed by atoms with Crippen LogP contribution in [0.5, 0.6) is 0 Å². The van der Waals surface area contributed by atoms with Crippen LogP contribution in [0.4, 0.5) is 5.69 Å². The molecule has 0 saturated heterocycles. The molecule has 29 heavy (non-hydrogen) atoms. The van der Waals surface area contributed by atoms with Gasteiger partial charge in [-0.05, 0) is 18.2 Å². The van der Waals surface area contributed by atoms with Crippen molar-refractivity contribution in [1.29, 1.82) is 0 Å². The van der Waals surface area contributed by atoms with Gasteiger partial charge in [0.1, 0.15) is 18.4 Å². The fraction of sp³-hybridized carbons (Fsp3) is 0.0500. The van der Waals surface area contributed by atoms with E-state index in [-0.39, 0.29) is 11.1 Å². The number of hydrogen-bond donors (Lipinski definition) is 1. The summed E-state index contributed by atoms with van der Waals surface area (Å²) < 4.78 is 2.59. The van der Waals surface area contributed by atoms with Crippen LogP contribution >= 0.6 is 0 Å². The molecule has 9 heteroatoms. The largest absolute Gasteiger partial charge is 0.376 e. The highest BCUT2D eigenvalue weighted by Gasteiger charge is 2.33. The van der Waals surface area contributed by atoms with Crippen molar-refractivity contribution < 1.29 is 9.90 Å². The minimum Gasteiger partial charge on any atom is -0.376 e. The van der Waals surface area contributed by atoms with Gasteiger partial charge in [-0.15, -0.1) is 0 Å². The summed E-state index contributed by atoms with van der Waals surface area (Å²) in [5.41, 5.74) is 1.87. The first-order chi connectivity index (χ1) is 14.2. The van der Waals surface area contributed by atoms with Crippen LogP contribution in [-0.2, 0) is 4.79 Å². The maximum absolute atomic E-state index is 12.9. The van der Waals surface area contributed by atoms with Crippen LogP contribution in [0.2, 0.25) is 0 Å². The van der Waals surface area contributed by atoms with Gasteiger partial charge in [-0.25, -0.2) is 9.67 Å². The van der Waals surface area contributed by atoms with Crippen molar-refractivity contribution in [1.82, 2.24) is 19.4 Å². The molecule has 0 aliphatic carbocycles. The van der Waals surface area contributed by atoms with Crippen molar-refractivity contribution in [3.63, 3.8) is 0 Å². The van der Waals surface area contributed by atoms with E-state index in [4.69, 9.17) is 0 Å². The van der Waals surface area contributed by atoms with Crippen molar-refractivity contribution in [2.45, 2.75) is 0 Å². The lowest BCUT2D eigenvalue weighted by Gasteiger charge is -2.11. The van der Waals surface area contributed by atoms with E-state index in [2.05, 4.69) is 15.2 Å². The molecule has 9 nitrogen and oxygen atoms in total. The van der Waals surface area contributed by atoms with E-state index in [0.717, 1.165) is 10.4 Å². The fourth-order valence-corrected chi connectivity index (χ4v) is 3.34. The molecule has 0 bridgehead atoms. The Labute approximate surface area is 163 Å². The number of benzene rings is 2. The third-order valence-electron chi connectivity index (χ3n) is 4.72. The van der Waals surface area contributed by atoms with Gasteiger partial charge in [-0.2, -0.15) is 14.9 Å². The van der Waals surface area contributed by atoms with Gasteiger partial charge >= 0.3 is 0 Å². The highest BCUT2D eigenvalue weighted by Crippen LogP contribution is 2.28. The first-order valence-electron chi connectivity index (χ1n) is 8.81. The number of hydrogen-bond acceptors (Lipinski definition) is 6. The minimum absolute atomic E-state index is 0.0633. The standard InChI is InChI=1S/C20H14N6O3/c27-12-24-16-9-5-4-8-14(16)17(20(24)29)23-25-11-21-18-15(19(25)28)10-22-26(18)13-6-2-1-3-7-13/h1-11,27H,12H2/b23-17+. The Morgan fingerprint density at radius 1 is 1.00 bits per heavy atom. The summed E-state index contributed by atoms with van der Waals surface area (Å²) in [6.45, 7) is -0.481. The van der Waals surface area contributed by atoms with Gasteiger partial charge in [-0.3, -0.25) is 14.5 Å². The number of rotatable bonds is 3. The molecule has 0 radical (unpaired) electrons. The van der Waals surface area contributed by atoms with Crippen LogP contribution in [-0.4, -0.2) is 42.9 Å². The summed E-state index contributed by atoms with van der Waals surface area (Å²) in [6, 6.07) is 16.3. The number of amides is 1. The van der Waals surface area contributed by atoms with Gasteiger partial charge in [-0.1, -0.05) is 36.4 Å². The Kier molecular flexibility index (Phi) is 3.81. The van der Waals surface area contributed by atoms with E-state index in [0.29, 0.717) is 16.9 Å². The molecule has 2 aromatic carbocycles. The van der Waals surface area contributed by atoms with Gasteiger partial charge < -0.3 is 5.11 Å². The lowest BCUT2D eigenvalue weighted by Crippen LogP contribution is -2.31. The third-order valence-corrected chi connectivity index (χ3v) is 4.72. The van der Waals surface area contributed by atoms with Crippen LogP contribution in [0, 0.1) is 0 Å². The maximum atomic E-state index is 12.9. The molecule has 1 aliphatic heterocycles. The predicted octanol–water partition coefficient (Wildman–Crippen LogP) is 1.13. The summed E-state index contributed by atoms with van der Waals surface area (Å²) in [4.78, 5) is 31.1. The number of aliphatic hydroxyl groups excluding tert-OH is 1. The average Bonchev–Trinajstić information content (AvgIpc) is 3.30. The molecule has 0 saturated carbocycles. The van der Waals surface area contributed by atoms with Gasteiger partial charge in [0.2, 0.25) is 0 Å². The number of carbonyl (C=O) groups excluding carboxylic acids is 1. The minimum atomic E-state index is -0.485. The van der Waals surface area contributed by atoms with E-state index in [1.807, 2.05) is 30.3 Å². The monoisotopic (exact) mass is 386 g/mol. The zero-order chi connectivity index (χ0) is 20.0. The Balaban J connectivity index is 1.65. The van der Waals surface area contributed by atoms with Crippen LogP contribution in [0.25, 0.3) is 16.7 Å². The third kappa shape index (κ3) is 2.56. The number of para-hydroxylation sites is 2. The SMILES string of the molecule is O=C1/C(=N/n2cnc3c(cnn3-c3ccccc3)c2=O)c2ccccc2N1CO. The first-order valence-corrected chi connectivity index (χ1v) is 8.81. The van der Waals surface area contributed by atoms with Crippen molar-refractivity contribution in [2.24, 2.45) is 5.10 Å². The quantitative estimate of drug-likeness (QED) is 0.568. The number of aliphatic hydroxyl groups is 1. The van der Waals surface area contributed by atoms with E-state index in [9.17, 15) is 14.7 Å². The molecular weight excluding hydrogens is 372 g/mol. The van der Waals surface area contributed by atoms with Gasteiger partial charge in [0, 0.05) is 5.56 Å². The molecule has 142 valence electrons. The normalized spacial score (nSPS) is 14.7. The summed E-state index contributed by atoms with van der Waals surface area (Å²) in [5.74, 6) is -0.485. The van der Waals surface area contributed by atoms with E-state index >= 15 is 0 Å². The lowest BCUT2D eigenvalue weighted by atomic mass is 10.1. The molecule has 5 rings (SSSR count). The number of fused-ring (bicyclic) bond motifs is 2. The van der Waals surface area contributed by atoms with Crippen LogP contribution in [0.15, 0.2) is 77.0 Å². The van der Waals surface area contributed by atoms with E-state index in [1.165, 1.54) is 17.4 Å². The molecular formula is C20H14N6O3. The summed E-state index contributed by atoms with van der Waals surface area (Å²) in [6.07, 6.45) is 2.69. The molecule has 1 amide bonds. The lowest BCUT2D eigenvalue weighted by molar-refractivity contribution is -0.112. The number of carbonyl (C=O) groups is 1. The van der Waals surface area contributed by atoms with Gasteiger partial charge in [0.15, 0.2) is 11.4 Å². The fourth-order valence-electron chi connectivity index (χ4n) is 3.34. The average molecular weight is 386 g/mol. The summed E-state index contributed by atoms with van der Waals surface area (Å²) in [7, 11) is 0. The summed E-state index contributed by atoms with van der Waals surface area (Å²) in [5, 5.41) is 18.3. The molecule has 1 aliphatic rings. The molecule has 2 aromatic heterocycles. The Hall–Kier alpha value is -4.11. The second-order valence-electron chi connectivity index (χ2n) is 6.36. The highest BCUT2D eigenvalue weighted by molar-refractivity contribution is 6.54. The van der Waals surface area contributed by atoms with Gasteiger partial charge in [0.25, 0.3) is 11.5 Å². The number of nitrogens with zero attached hydrogens (tertiary/aromatic N) is 6. The smallest absolute Gasteiger partial charge is 0.285 e. The molecule has 1 N–H and O–H groups in total. The second-order valence-corrected chi connectivity index (χ2v) is 6.36. The Morgan fingerprint density at radius 2 is 1.76 bits per heavy atom. The van der Waals surface area contributed by atoms with E-state index < -0.39 is 18.2 Å². The number of anilines is 1. The Bertz CT molecular complexity index is 1340. The van der Waals surface area contributed by atoms with Crippen LogP contribution in [0.3, 0.4) is 0 Å². The second kappa shape index (κ2) is 6.50. The summed E-state index contributed by atoms with van der Waals surface area (Å²) >= 11 is 0. The highest BCUT2D eigenvalue weighted by atomic mass is 16.3. The van der Waals surface area contributed by atoms with E-state index in [1.54, 1.807) is 28.9 Å². The van der Waals surface area contributed by atoms with Crippen molar-refractivity contribution in [2.75, 3.05) is 11.6 Å². The molecule has 0 atom stereocenters. The first kappa shape index (κ1) is 17.0. The topological polar surface area (TPSA) is 106 Å². The molecule has 0 spiro atoms. The number of aromatic nitrogens is 4. The van der Waals surface area contributed by atoms with Crippen LogP contribution in [0.1, 0.15) is 5.56 Å². The van der Waals surface area contributed by atoms with Crippen molar-refractivity contribution in [3.05, 3.63) is 83.0 Å². The van der Waals surface area contributed by atoms with Crippen molar-refractivity contribution >= 4 is 28.3 Å².